The van der Waals surface area contributed by atoms with Gasteiger partial charge in [0.25, 0.3) is 11.8 Å². The maximum Gasteiger partial charge on any atom is 0.266 e. The molecule has 19 heavy (non-hydrogen) atoms. The summed E-state index contributed by atoms with van der Waals surface area (Å²) in [6, 6.07) is 5.20. The van der Waals surface area contributed by atoms with Gasteiger partial charge in [0.1, 0.15) is 5.75 Å². The molecule has 5 nitrogen and oxygen atoms in total. The van der Waals surface area contributed by atoms with E-state index in [1.165, 1.54) is 6.42 Å². The fourth-order valence-corrected chi connectivity index (χ4v) is 2.58. The van der Waals surface area contributed by atoms with Gasteiger partial charge in [0.15, 0.2) is 0 Å². The van der Waals surface area contributed by atoms with Gasteiger partial charge in [-0.25, -0.2) is 0 Å². The van der Waals surface area contributed by atoms with Crippen LogP contribution in [0.4, 0.5) is 5.95 Å². The van der Waals surface area contributed by atoms with Gasteiger partial charge in [-0.05, 0) is 42.6 Å². The van der Waals surface area contributed by atoms with E-state index in [1.54, 1.807) is 12.1 Å². The molecule has 1 aromatic carbocycles. The highest BCUT2D eigenvalue weighted by molar-refractivity contribution is 9.10. The summed E-state index contributed by atoms with van der Waals surface area (Å²) in [6.07, 6.45) is 3.58. The van der Waals surface area contributed by atoms with Crippen LogP contribution in [0.1, 0.15) is 19.3 Å². The normalized spacial score (nSPS) is 15.7. The first-order valence-corrected chi connectivity index (χ1v) is 7.11. The van der Waals surface area contributed by atoms with Crippen molar-refractivity contribution in [1.82, 2.24) is 10.1 Å². The van der Waals surface area contributed by atoms with E-state index >= 15 is 0 Å². The summed E-state index contributed by atoms with van der Waals surface area (Å²) >= 11 is 3.30. The minimum absolute atomic E-state index is 0.128. The molecule has 0 spiro atoms. The van der Waals surface area contributed by atoms with Crippen molar-refractivity contribution in [2.45, 2.75) is 19.3 Å². The topological polar surface area (TPSA) is 62.4 Å². The first kappa shape index (κ1) is 12.5. The molecule has 1 aliphatic rings. The fraction of sp³-hybridized carbons (Fsp3) is 0.385. The van der Waals surface area contributed by atoms with Crippen LogP contribution in [0.2, 0.25) is 0 Å². The van der Waals surface area contributed by atoms with E-state index < -0.39 is 0 Å². The molecule has 1 aromatic heterocycles. The quantitative estimate of drug-likeness (QED) is 0.919. The van der Waals surface area contributed by atoms with Crippen LogP contribution in [-0.2, 0) is 0 Å². The molecule has 1 aliphatic heterocycles. The summed E-state index contributed by atoms with van der Waals surface area (Å²) in [6.45, 7) is 1.93. The Morgan fingerprint density at radius 2 is 2.00 bits per heavy atom. The number of nitrogens with zero attached hydrogens (tertiary/aromatic N) is 3. The van der Waals surface area contributed by atoms with E-state index in [4.69, 9.17) is 4.52 Å². The molecule has 0 saturated carbocycles. The number of aromatic nitrogens is 2. The Balaban J connectivity index is 1.87. The number of benzene rings is 1. The second-order valence-corrected chi connectivity index (χ2v) is 5.52. The maximum absolute atomic E-state index is 9.89. The predicted octanol–water partition coefficient (Wildman–Crippen LogP) is 3.20. The predicted molar refractivity (Wildman–Crippen MR) is 75.2 cm³/mol. The summed E-state index contributed by atoms with van der Waals surface area (Å²) < 4.78 is 6.06. The van der Waals surface area contributed by atoms with Crippen molar-refractivity contribution in [2.24, 2.45) is 0 Å². The third kappa shape index (κ3) is 2.58. The zero-order valence-corrected chi connectivity index (χ0v) is 11.9. The maximum atomic E-state index is 9.89. The van der Waals surface area contributed by atoms with Gasteiger partial charge in [-0.15, -0.1) is 0 Å². The van der Waals surface area contributed by atoms with Gasteiger partial charge in [0.05, 0.1) is 5.56 Å². The minimum Gasteiger partial charge on any atom is -0.507 e. The molecule has 6 heteroatoms. The SMILES string of the molecule is Oc1cc(Br)ccc1-c1nc(N2CCCCC2)no1. The molecule has 2 aromatic rings. The number of phenols is 1. The Morgan fingerprint density at radius 1 is 1.21 bits per heavy atom. The van der Waals surface area contributed by atoms with Crippen molar-refractivity contribution in [3.63, 3.8) is 0 Å². The van der Waals surface area contributed by atoms with Gasteiger partial charge in [0.2, 0.25) is 0 Å². The number of aromatic hydroxyl groups is 1. The number of phenolic OH excluding ortho intramolecular Hbond substituents is 1. The molecular formula is C13H14BrN3O2. The molecule has 1 N–H and O–H groups in total. The largest absolute Gasteiger partial charge is 0.507 e. The third-order valence-corrected chi connectivity index (χ3v) is 3.74. The lowest BCUT2D eigenvalue weighted by Crippen LogP contribution is -2.30. The number of rotatable bonds is 2. The van der Waals surface area contributed by atoms with Gasteiger partial charge in [0, 0.05) is 17.6 Å². The monoisotopic (exact) mass is 323 g/mol. The molecule has 100 valence electrons. The third-order valence-electron chi connectivity index (χ3n) is 3.24. The first-order valence-electron chi connectivity index (χ1n) is 6.31. The van der Waals surface area contributed by atoms with E-state index in [1.807, 2.05) is 6.07 Å². The van der Waals surface area contributed by atoms with Crippen molar-refractivity contribution in [3.05, 3.63) is 22.7 Å². The number of halogens is 1. The average Bonchev–Trinajstić information content (AvgIpc) is 2.89. The molecule has 1 fully saturated rings. The van der Waals surface area contributed by atoms with E-state index in [-0.39, 0.29) is 5.75 Å². The van der Waals surface area contributed by atoms with E-state index in [2.05, 4.69) is 31.0 Å². The lowest BCUT2D eigenvalue weighted by Gasteiger charge is -2.24. The smallest absolute Gasteiger partial charge is 0.266 e. The lowest BCUT2D eigenvalue weighted by molar-refractivity contribution is 0.421. The van der Waals surface area contributed by atoms with Crippen molar-refractivity contribution in [3.8, 4) is 17.2 Å². The second-order valence-electron chi connectivity index (χ2n) is 4.61. The molecule has 0 amide bonds. The van der Waals surface area contributed by atoms with Crippen molar-refractivity contribution in [1.29, 1.82) is 0 Å². The van der Waals surface area contributed by atoms with Crippen LogP contribution in [0, 0.1) is 0 Å². The molecule has 0 aliphatic carbocycles. The van der Waals surface area contributed by atoms with Crippen molar-refractivity contribution in [2.75, 3.05) is 18.0 Å². The summed E-state index contributed by atoms with van der Waals surface area (Å²) in [5, 5.41) is 13.9. The molecule has 0 unspecified atom stereocenters. The van der Waals surface area contributed by atoms with Gasteiger partial charge < -0.3 is 14.5 Å². The number of piperidine rings is 1. The molecule has 0 atom stereocenters. The highest BCUT2D eigenvalue weighted by Crippen LogP contribution is 2.31. The van der Waals surface area contributed by atoms with Crippen LogP contribution in [-0.4, -0.2) is 28.3 Å². The molecule has 1 saturated heterocycles. The zero-order chi connectivity index (χ0) is 13.2. The van der Waals surface area contributed by atoms with Crippen LogP contribution >= 0.6 is 15.9 Å². The van der Waals surface area contributed by atoms with E-state index in [0.29, 0.717) is 17.4 Å². The van der Waals surface area contributed by atoms with E-state index in [9.17, 15) is 5.11 Å². The van der Waals surface area contributed by atoms with Crippen LogP contribution in [0.25, 0.3) is 11.5 Å². The molecule has 2 heterocycles. The number of hydrogen-bond acceptors (Lipinski definition) is 5. The summed E-state index contributed by atoms with van der Waals surface area (Å²) in [5.41, 5.74) is 0.555. The highest BCUT2D eigenvalue weighted by atomic mass is 79.9. The van der Waals surface area contributed by atoms with Gasteiger partial charge in [-0.3, -0.25) is 0 Å². The second kappa shape index (κ2) is 5.21. The average molecular weight is 324 g/mol. The standard InChI is InChI=1S/C13H14BrN3O2/c14-9-4-5-10(11(18)8-9)12-15-13(16-19-12)17-6-2-1-3-7-17/h4-5,8,18H,1-3,6-7H2. The number of anilines is 1. The van der Waals surface area contributed by atoms with Gasteiger partial charge in [-0.1, -0.05) is 15.9 Å². The summed E-state index contributed by atoms with van der Waals surface area (Å²) in [5.74, 6) is 1.09. The lowest BCUT2D eigenvalue weighted by atomic mass is 10.1. The zero-order valence-electron chi connectivity index (χ0n) is 10.3. The fourth-order valence-electron chi connectivity index (χ4n) is 2.23. The minimum atomic E-state index is 0.128. The summed E-state index contributed by atoms with van der Waals surface area (Å²) in [7, 11) is 0. The molecular weight excluding hydrogens is 310 g/mol. The van der Waals surface area contributed by atoms with Gasteiger partial charge >= 0.3 is 0 Å². The summed E-state index contributed by atoms with van der Waals surface area (Å²) in [4.78, 5) is 6.48. The van der Waals surface area contributed by atoms with Crippen LogP contribution in [0.15, 0.2) is 27.2 Å². The first-order chi connectivity index (χ1) is 9.24. The molecule has 3 rings (SSSR count). The van der Waals surface area contributed by atoms with Crippen LogP contribution in [0.5, 0.6) is 5.75 Å². The Hall–Kier alpha value is -1.56. The van der Waals surface area contributed by atoms with Crippen LogP contribution < -0.4 is 4.90 Å². The molecule has 0 bridgehead atoms. The van der Waals surface area contributed by atoms with E-state index in [0.717, 1.165) is 30.4 Å². The van der Waals surface area contributed by atoms with Crippen molar-refractivity contribution >= 4 is 21.9 Å². The molecule has 0 radical (unpaired) electrons. The number of hydrogen-bond donors (Lipinski definition) is 1. The Morgan fingerprint density at radius 3 is 2.74 bits per heavy atom. The van der Waals surface area contributed by atoms with Crippen LogP contribution in [0.3, 0.4) is 0 Å². The Bertz CT molecular complexity index is 579. The Labute approximate surface area is 119 Å². The van der Waals surface area contributed by atoms with Crippen molar-refractivity contribution < 1.29 is 9.63 Å². The van der Waals surface area contributed by atoms with Gasteiger partial charge in [-0.2, -0.15) is 4.98 Å². The highest BCUT2D eigenvalue weighted by Gasteiger charge is 2.18. The Kier molecular flexibility index (Phi) is 3.42.